The molecular weight excluding hydrogens is 518 g/mol. The van der Waals surface area contributed by atoms with E-state index in [0.29, 0.717) is 5.69 Å². The Hall–Kier alpha value is -4.86. The Kier molecular flexibility index (Phi) is 7.53. The average Bonchev–Trinajstić information content (AvgIpc) is 3.41. The average molecular weight is 548 g/mol. The number of benzene rings is 6. The molecule has 0 amide bonds. The molecule has 0 saturated heterocycles. The fraction of sp³-hybridized carbons (Fsp3) is 0.0526. The van der Waals surface area contributed by atoms with Crippen LogP contribution in [-0.2, 0) is 0 Å². The zero-order chi connectivity index (χ0) is 28.2. The molecule has 0 aliphatic carbocycles. The molecule has 41 heavy (non-hydrogen) atoms. The maximum atomic E-state index is 10.9. The Bertz CT molecular complexity index is 1970. The van der Waals surface area contributed by atoms with Crippen molar-refractivity contribution in [1.82, 2.24) is 0 Å². The van der Waals surface area contributed by atoms with Gasteiger partial charge in [-0.2, -0.15) is 0 Å². The first kappa shape index (κ1) is 26.4. The molecule has 0 aliphatic heterocycles. The first-order valence-electron chi connectivity index (χ1n) is 13.7. The molecule has 0 saturated carbocycles. The number of hydrogen-bond donors (Lipinski definition) is 0. The zero-order valence-electron chi connectivity index (χ0n) is 23.0. The second kappa shape index (κ2) is 11.7. The lowest BCUT2D eigenvalue weighted by Crippen LogP contribution is -1.82. The van der Waals surface area contributed by atoms with E-state index >= 15 is 0 Å². The Morgan fingerprint density at radius 1 is 0.488 bits per heavy atom. The molecule has 0 fully saturated rings. The Balaban J connectivity index is 0.000000148. The summed E-state index contributed by atoms with van der Waals surface area (Å²) in [4.78, 5) is 10.9. The van der Waals surface area contributed by atoms with E-state index in [0.717, 1.165) is 16.7 Å². The van der Waals surface area contributed by atoms with Gasteiger partial charge in [0.2, 0.25) is 0 Å². The van der Waals surface area contributed by atoms with Gasteiger partial charge in [-0.25, -0.2) is 0 Å². The lowest BCUT2D eigenvalue weighted by atomic mass is 9.98. The number of nitrogens with zero attached hydrogens (tertiary/aromatic N) is 1. The quantitative estimate of drug-likeness (QED) is 0.202. The Morgan fingerprint density at radius 3 is 1.83 bits per heavy atom. The minimum Gasteiger partial charge on any atom is -0.145 e. The highest BCUT2D eigenvalue weighted by Crippen LogP contribution is 2.39. The molecule has 3 heteroatoms. The minimum absolute atomic E-state index is 0.471. The predicted molar refractivity (Wildman–Crippen MR) is 177 cm³/mol. The molecule has 0 spiro atoms. The first-order chi connectivity index (χ1) is 20.1. The van der Waals surface area contributed by atoms with Crippen molar-refractivity contribution in [3.63, 3.8) is 0 Å². The van der Waals surface area contributed by atoms with Crippen molar-refractivity contribution < 1.29 is 0 Å². The molecule has 198 valence electrons. The van der Waals surface area contributed by atoms with E-state index in [1.165, 1.54) is 48.0 Å². The SMILES string of the molecule is Cc1ccc(-c2cccc(-c3ccccc3N=O)c2)cc1.Cc1ccc(-c2cccc3c2sc2ccccc23)cc1. The van der Waals surface area contributed by atoms with Gasteiger partial charge in [0, 0.05) is 25.7 Å². The van der Waals surface area contributed by atoms with Gasteiger partial charge in [0.25, 0.3) is 0 Å². The summed E-state index contributed by atoms with van der Waals surface area (Å²) in [5.41, 5.74) is 9.81. The van der Waals surface area contributed by atoms with Crippen molar-refractivity contribution in [2.75, 3.05) is 0 Å². The summed E-state index contributed by atoms with van der Waals surface area (Å²) in [6, 6.07) is 48.1. The van der Waals surface area contributed by atoms with Crippen molar-refractivity contribution >= 4 is 37.2 Å². The van der Waals surface area contributed by atoms with Crippen LogP contribution in [0.1, 0.15) is 11.1 Å². The number of hydrogen-bond acceptors (Lipinski definition) is 3. The standard InChI is InChI=1S/C19H15NO.C19H14S/c1-14-9-11-15(12-10-14)16-5-4-6-17(13-16)18-7-2-3-8-19(18)20-21;1-13-9-11-14(12-10-13)15-6-4-7-17-16-5-2-3-8-18(16)20-19(15)17/h2-13H,1H3;2-12H,1H3. The predicted octanol–water partition coefficient (Wildman–Crippen LogP) is 11.8. The molecule has 0 N–H and O–H groups in total. The van der Waals surface area contributed by atoms with E-state index in [-0.39, 0.29) is 0 Å². The number of fused-ring (bicyclic) bond motifs is 3. The summed E-state index contributed by atoms with van der Waals surface area (Å²) in [5, 5.41) is 5.84. The Labute approximate surface area is 244 Å². The van der Waals surface area contributed by atoms with Crippen molar-refractivity contribution in [2.24, 2.45) is 5.18 Å². The van der Waals surface area contributed by atoms with Crippen molar-refractivity contribution in [3.05, 3.63) is 156 Å². The molecule has 2 nitrogen and oxygen atoms in total. The number of thiophene rings is 1. The lowest BCUT2D eigenvalue weighted by molar-refractivity contribution is 1.46. The third-order valence-electron chi connectivity index (χ3n) is 7.33. The van der Waals surface area contributed by atoms with Crippen molar-refractivity contribution in [3.8, 4) is 33.4 Å². The molecule has 0 radical (unpaired) electrons. The highest BCUT2D eigenvalue weighted by molar-refractivity contribution is 7.26. The number of aryl methyl sites for hydroxylation is 2. The van der Waals surface area contributed by atoms with Gasteiger partial charge >= 0.3 is 0 Å². The molecule has 6 aromatic carbocycles. The summed E-state index contributed by atoms with van der Waals surface area (Å²) >= 11 is 1.89. The van der Waals surface area contributed by atoms with E-state index in [1.807, 2.05) is 41.7 Å². The van der Waals surface area contributed by atoms with Gasteiger partial charge in [-0.3, -0.25) is 0 Å². The van der Waals surface area contributed by atoms with Crippen molar-refractivity contribution in [1.29, 1.82) is 0 Å². The molecule has 1 aromatic heterocycles. The van der Waals surface area contributed by atoms with Gasteiger partial charge in [0.05, 0.1) is 0 Å². The maximum Gasteiger partial charge on any atom is 0.115 e. The summed E-state index contributed by atoms with van der Waals surface area (Å²) in [7, 11) is 0. The van der Waals surface area contributed by atoms with Crippen LogP contribution in [0.3, 0.4) is 0 Å². The second-order valence-corrected chi connectivity index (χ2v) is 11.3. The van der Waals surface area contributed by atoms with Gasteiger partial charge < -0.3 is 0 Å². The normalized spacial score (nSPS) is 10.8. The summed E-state index contributed by atoms with van der Waals surface area (Å²) in [5.74, 6) is 0. The fourth-order valence-corrected chi connectivity index (χ4v) is 6.36. The highest BCUT2D eigenvalue weighted by Gasteiger charge is 2.10. The van der Waals surface area contributed by atoms with E-state index in [9.17, 15) is 4.91 Å². The monoisotopic (exact) mass is 547 g/mol. The van der Waals surface area contributed by atoms with E-state index in [1.54, 1.807) is 6.07 Å². The molecule has 0 aliphatic rings. The summed E-state index contributed by atoms with van der Waals surface area (Å²) in [6.07, 6.45) is 0. The topological polar surface area (TPSA) is 29.4 Å². The molecule has 7 aromatic rings. The van der Waals surface area contributed by atoms with Crippen LogP contribution in [-0.4, -0.2) is 0 Å². The van der Waals surface area contributed by atoms with Crippen LogP contribution in [0.25, 0.3) is 53.6 Å². The number of nitroso groups, excluding NO2 is 1. The summed E-state index contributed by atoms with van der Waals surface area (Å²) in [6.45, 7) is 4.20. The third-order valence-corrected chi connectivity index (χ3v) is 8.55. The molecule has 0 unspecified atom stereocenters. The van der Waals surface area contributed by atoms with Gasteiger partial charge in [-0.1, -0.05) is 132 Å². The highest BCUT2D eigenvalue weighted by atomic mass is 32.1. The molecule has 1 heterocycles. The second-order valence-electron chi connectivity index (χ2n) is 10.2. The maximum absolute atomic E-state index is 10.9. The van der Waals surface area contributed by atoms with Crippen LogP contribution >= 0.6 is 11.3 Å². The third kappa shape index (κ3) is 5.58. The van der Waals surface area contributed by atoms with Gasteiger partial charge in [0.1, 0.15) is 5.69 Å². The van der Waals surface area contributed by atoms with Crippen molar-refractivity contribution in [2.45, 2.75) is 13.8 Å². The number of rotatable bonds is 4. The van der Waals surface area contributed by atoms with Gasteiger partial charge in [-0.05, 0) is 65.0 Å². The zero-order valence-corrected chi connectivity index (χ0v) is 23.9. The van der Waals surface area contributed by atoms with Gasteiger partial charge in [-0.15, -0.1) is 16.2 Å². The molecule has 0 atom stereocenters. The van der Waals surface area contributed by atoms with Crippen LogP contribution in [0.2, 0.25) is 0 Å². The lowest BCUT2D eigenvalue weighted by Gasteiger charge is -2.07. The van der Waals surface area contributed by atoms with Crippen LogP contribution in [0.15, 0.2) is 145 Å². The van der Waals surface area contributed by atoms with Crippen LogP contribution in [0, 0.1) is 18.8 Å². The largest absolute Gasteiger partial charge is 0.145 e. The van der Waals surface area contributed by atoms with E-state index in [2.05, 4.69) is 122 Å². The molecule has 7 rings (SSSR count). The van der Waals surface area contributed by atoms with Crippen LogP contribution in [0.4, 0.5) is 5.69 Å². The smallest absolute Gasteiger partial charge is 0.115 e. The van der Waals surface area contributed by atoms with Crippen LogP contribution in [0.5, 0.6) is 0 Å². The minimum atomic E-state index is 0.471. The molecule has 0 bridgehead atoms. The van der Waals surface area contributed by atoms with E-state index in [4.69, 9.17) is 0 Å². The first-order valence-corrected chi connectivity index (χ1v) is 14.5. The van der Waals surface area contributed by atoms with Gasteiger partial charge in [0.15, 0.2) is 0 Å². The summed E-state index contributed by atoms with van der Waals surface area (Å²) < 4.78 is 2.75. The fourth-order valence-electron chi connectivity index (χ4n) is 5.12. The van der Waals surface area contributed by atoms with Crippen LogP contribution < -0.4 is 0 Å². The molecular formula is C38H29NOS. The van der Waals surface area contributed by atoms with E-state index < -0.39 is 0 Å². The Morgan fingerprint density at radius 2 is 1.07 bits per heavy atom.